The standard InChI is InChI=1S/C13H19N5O/c1-14-10-8-18-7-6-15-12(18)11(17-10)16-9-13(19-2)4-3-5-13/h6-8,14H,3-5,9H2,1-2H3,(H,16,17). The minimum absolute atomic E-state index is 0.0269. The van der Waals surface area contributed by atoms with E-state index in [9.17, 15) is 0 Å². The van der Waals surface area contributed by atoms with E-state index in [-0.39, 0.29) is 5.60 Å². The lowest BCUT2D eigenvalue weighted by Gasteiger charge is -2.40. The van der Waals surface area contributed by atoms with Crippen molar-refractivity contribution in [2.24, 2.45) is 0 Å². The number of nitrogens with zero attached hydrogens (tertiary/aromatic N) is 3. The second-order valence-electron chi connectivity index (χ2n) is 4.98. The molecule has 0 aromatic carbocycles. The van der Waals surface area contributed by atoms with Gasteiger partial charge >= 0.3 is 0 Å². The molecule has 1 fully saturated rings. The highest BCUT2D eigenvalue weighted by Gasteiger charge is 2.36. The highest BCUT2D eigenvalue weighted by atomic mass is 16.5. The van der Waals surface area contributed by atoms with Crippen LogP contribution in [0.4, 0.5) is 11.6 Å². The molecular weight excluding hydrogens is 242 g/mol. The lowest BCUT2D eigenvalue weighted by Crippen LogP contribution is -2.45. The average molecular weight is 261 g/mol. The highest BCUT2D eigenvalue weighted by molar-refractivity contribution is 5.65. The van der Waals surface area contributed by atoms with Gasteiger partial charge in [-0.1, -0.05) is 0 Å². The van der Waals surface area contributed by atoms with Gasteiger partial charge in [0.2, 0.25) is 0 Å². The van der Waals surface area contributed by atoms with Crippen LogP contribution in [-0.4, -0.2) is 40.7 Å². The Hall–Kier alpha value is -1.82. The maximum Gasteiger partial charge on any atom is 0.180 e. The zero-order chi connectivity index (χ0) is 13.3. The van der Waals surface area contributed by atoms with Gasteiger partial charge in [0.05, 0.1) is 11.8 Å². The van der Waals surface area contributed by atoms with Crippen molar-refractivity contribution in [1.82, 2.24) is 14.4 Å². The third-order valence-electron chi connectivity index (χ3n) is 3.91. The van der Waals surface area contributed by atoms with E-state index < -0.39 is 0 Å². The van der Waals surface area contributed by atoms with Gasteiger partial charge in [-0.3, -0.25) is 0 Å². The summed E-state index contributed by atoms with van der Waals surface area (Å²) in [7, 11) is 3.64. The largest absolute Gasteiger partial charge is 0.376 e. The van der Waals surface area contributed by atoms with Gasteiger partial charge in [0.25, 0.3) is 0 Å². The van der Waals surface area contributed by atoms with Gasteiger partial charge in [0, 0.05) is 33.1 Å². The van der Waals surface area contributed by atoms with Crippen molar-refractivity contribution in [3.63, 3.8) is 0 Å². The predicted octanol–water partition coefficient (Wildman–Crippen LogP) is 1.75. The number of rotatable bonds is 5. The van der Waals surface area contributed by atoms with E-state index in [4.69, 9.17) is 4.74 Å². The monoisotopic (exact) mass is 261 g/mol. The molecule has 1 aliphatic rings. The quantitative estimate of drug-likeness (QED) is 0.858. The van der Waals surface area contributed by atoms with Gasteiger partial charge in [-0.2, -0.15) is 0 Å². The summed E-state index contributed by atoms with van der Waals surface area (Å²) in [6.07, 6.45) is 9.05. The molecule has 3 rings (SSSR count). The number of imidazole rings is 1. The van der Waals surface area contributed by atoms with Gasteiger partial charge in [-0.05, 0) is 19.3 Å². The fraction of sp³-hybridized carbons (Fsp3) is 0.538. The average Bonchev–Trinajstić information content (AvgIpc) is 2.85. The summed E-state index contributed by atoms with van der Waals surface area (Å²) >= 11 is 0. The molecule has 0 atom stereocenters. The van der Waals surface area contributed by atoms with Crippen LogP contribution >= 0.6 is 0 Å². The normalized spacial score (nSPS) is 17.2. The van der Waals surface area contributed by atoms with E-state index >= 15 is 0 Å². The molecule has 19 heavy (non-hydrogen) atoms. The Labute approximate surface area is 112 Å². The Balaban J connectivity index is 1.85. The number of hydrogen-bond acceptors (Lipinski definition) is 5. The summed E-state index contributed by atoms with van der Waals surface area (Å²) in [5.74, 6) is 1.60. The van der Waals surface area contributed by atoms with Crippen LogP contribution in [-0.2, 0) is 4.74 Å². The fourth-order valence-corrected chi connectivity index (χ4v) is 2.44. The second kappa shape index (κ2) is 4.70. The number of hydrogen-bond donors (Lipinski definition) is 2. The van der Waals surface area contributed by atoms with E-state index in [0.717, 1.165) is 36.7 Å². The first-order chi connectivity index (χ1) is 9.26. The van der Waals surface area contributed by atoms with E-state index in [1.807, 2.05) is 23.8 Å². The molecule has 6 heteroatoms. The summed E-state index contributed by atoms with van der Waals surface area (Å²) in [5, 5.41) is 6.44. The van der Waals surface area contributed by atoms with E-state index in [2.05, 4.69) is 20.6 Å². The smallest absolute Gasteiger partial charge is 0.180 e. The summed E-state index contributed by atoms with van der Waals surface area (Å²) in [4.78, 5) is 8.86. The lowest BCUT2D eigenvalue weighted by atomic mass is 9.80. The third kappa shape index (κ3) is 2.12. The van der Waals surface area contributed by atoms with Crippen molar-refractivity contribution in [3.8, 4) is 0 Å². The first-order valence-electron chi connectivity index (χ1n) is 6.57. The number of aromatic nitrogens is 3. The number of anilines is 2. The predicted molar refractivity (Wildman–Crippen MR) is 74.6 cm³/mol. The molecule has 0 aliphatic heterocycles. The number of ether oxygens (including phenoxy) is 1. The maximum absolute atomic E-state index is 5.61. The number of nitrogens with one attached hydrogen (secondary N) is 2. The first-order valence-corrected chi connectivity index (χ1v) is 6.57. The highest BCUT2D eigenvalue weighted by Crippen LogP contribution is 2.35. The Morgan fingerprint density at radius 2 is 2.32 bits per heavy atom. The Bertz CT molecular complexity index is 570. The summed E-state index contributed by atoms with van der Waals surface area (Å²) in [6, 6.07) is 0. The van der Waals surface area contributed by atoms with Crippen LogP contribution in [0.3, 0.4) is 0 Å². The molecule has 1 aliphatic carbocycles. The van der Waals surface area contributed by atoms with Crippen LogP contribution in [0.2, 0.25) is 0 Å². The molecular formula is C13H19N5O. The van der Waals surface area contributed by atoms with Crippen LogP contribution in [0.15, 0.2) is 18.6 Å². The molecule has 102 valence electrons. The Morgan fingerprint density at radius 3 is 2.95 bits per heavy atom. The van der Waals surface area contributed by atoms with Gasteiger partial charge < -0.3 is 19.8 Å². The van der Waals surface area contributed by atoms with Crippen molar-refractivity contribution in [2.75, 3.05) is 31.3 Å². The van der Waals surface area contributed by atoms with Crippen LogP contribution < -0.4 is 10.6 Å². The fourth-order valence-electron chi connectivity index (χ4n) is 2.44. The molecule has 2 N–H and O–H groups in total. The molecule has 1 saturated carbocycles. The topological polar surface area (TPSA) is 63.5 Å². The summed E-state index contributed by atoms with van der Waals surface area (Å²) in [5.41, 5.74) is 0.811. The van der Waals surface area contributed by atoms with Crippen LogP contribution in [0, 0.1) is 0 Å². The van der Waals surface area contributed by atoms with Crippen LogP contribution in [0.1, 0.15) is 19.3 Å². The second-order valence-corrected chi connectivity index (χ2v) is 4.98. The zero-order valence-electron chi connectivity index (χ0n) is 11.3. The molecule has 2 heterocycles. The maximum atomic E-state index is 5.61. The third-order valence-corrected chi connectivity index (χ3v) is 3.91. The zero-order valence-corrected chi connectivity index (χ0v) is 11.3. The molecule has 0 radical (unpaired) electrons. The molecule has 0 spiro atoms. The van der Waals surface area contributed by atoms with Gasteiger partial charge in [-0.25, -0.2) is 9.97 Å². The SMILES string of the molecule is CNc1cn2ccnc2c(NCC2(OC)CCC2)n1. The minimum Gasteiger partial charge on any atom is -0.376 e. The van der Waals surface area contributed by atoms with E-state index in [0.29, 0.717) is 0 Å². The molecule has 0 amide bonds. The molecule has 2 aromatic rings. The van der Waals surface area contributed by atoms with Crippen molar-refractivity contribution >= 4 is 17.3 Å². The van der Waals surface area contributed by atoms with Crippen LogP contribution in [0.5, 0.6) is 0 Å². The van der Waals surface area contributed by atoms with E-state index in [1.165, 1.54) is 6.42 Å². The minimum atomic E-state index is -0.0269. The van der Waals surface area contributed by atoms with Crippen molar-refractivity contribution < 1.29 is 4.74 Å². The van der Waals surface area contributed by atoms with Gasteiger partial charge in [0.15, 0.2) is 11.5 Å². The molecule has 2 aromatic heterocycles. The van der Waals surface area contributed by atoms with E-state index in [1.54, 1.807) is 13.3 Å². The van der Waals surface area contributed by atoms with Crippen LogP contribution in [0.25, 0.3) is 5.65 Å². The number of fused-ring (bicyclic) bond motifs is 1. The summed E-state index contributed by atoms with van der Waals surface area (Å²) in [6.45, 7) is 0.770. The van der Waals surface area contributed by atoms with Crippen molar-refractivity contribution in [1.29, 1.82) is 0 Å². The van der Waals surface area contributed by atoms with Gasteiger partial charge in [-0.15, -0.1) is 0 Å². The molecule has 0 bridgehead atoms. The number of methoxy groups -OCH3 is 1. The molecule has 6 nitrogen and oxygen atoms in total. The Kier molecular flexibility index (Phi) is 3.02. The first kappa shape index (κ1) is 12.2. The summed E-state index contributed by atoms with van der Waals surface area (Å²) < 4.78 is 7.57. The van der Waals surface area contributed by atoms with Crippen molar-refractivity contribution in [2.45, 2.75) is 24.9 Å². The van der Waals surface area contributed by atoms with Crippen molar-refractivity contribution in [3.05, 3.63) is 18.6 Å². The molecule has 0 saturated heterocycles. The lowest BCUT2D eigenvalue weighted by molar-refractivity contribution is -0.0601. The van der Waals surface area contributed by atoms with Gasteiger partial charge in [0.1, 0.15) is 5.82 Å². The Morgan fingerprint density at radius 1 is 1.47 bits per heavy atom. The molecule has 0 unspecified atom stereocenters.